The molecule has 360 valence electrons. The standard InChI is InChI=1S/C76H44O2/c1-5-21-47-43(17-1)37-61(55-29-13-9-25-51(47)55)65-41-67(63-39-45-19-3-7-23-49(45)53-27-11-15-31-57(53)63)75-71-59(65)33-35-69-73(71)74-70(77-75)36-34-60-66(62-38-44-18-2-6-22-48(44)52-26-10-14-30-56(52)62)42-68(76(78-69)72(60)74)64-40-46-20-4-8-24-50(46)54-28-12-16-32-58(54)64/h1-5,7-21,23-42H,6,22H2. The zero-order valence-electron chi connectivity index (χ0n) is 42.3. The van der Waals surface area contributed by atoms with Crippen molar-refractivity contribution in [3.63, 3.8) is 0 Å². The van der Waals surface area contributed by atoms with Gasteiger partial charge in [-0.25, -0.2) is 0 Å². The third-order valence-corrected chi connectivity index (χ3v) is 17.6. The van der Waals surface area contributed by atoms with Crippen LogP contribution in [-0.2, 0) is 6.42 Å². The summed E-state index contributed by atoms with van der Waals surface area (Å²) in [6.07, 6.45) is 6.74. The minimum Gasteiger partial charge on any atom is -0.455 e. The van der Waals surface area contributed by atoms with E-state index in [1.165, 1.54) is 103 Å². The van der Waals surface area contributed by atoms with E-state index in [0.29, 0.717) is 0 Å². The minimum absolute atomic E-state index is 0.826. The minimum atomic E-state index is 0.826. The van der Waals surface area contributed by atoms with Crippen molar-refractivity contribution in [3.05, 3.63) is 248 Å². The van der Waals surface area contributed by atoms with E-state index < -0.39 is 0 Å². The highest BCUT2D eigenvalue weighted by Gasteiger charge is 2.32. The van der Waals surface area contributed by atoms with Crippen molar-refractivity contribution in [3.8, 4) is 55.6 Å². The van der Waals surface area contributed by atoms with Gasteiger partial charge in [0, 0.05) is 33.0 Å². The van der Waals surface area contributed by atoms with Crippen molar-refractivity contribution in [1.29, 1.82) is 0 Å². The molecule has 2 nitrogen and oxygen atoms in total. The number of benzene rings is 15. The monoisotopic (exact) mass is 988 g/mol. The Kier molecular flexibility index (Phi) is 8.54. The molecule has 0 unspecified atom stereocenters. The van der Waals surface area contributed by atoms with Gasteiger partial charge in [-0.05, 0) is 204 Å². The fourth-order valence-electron chi connectivity index (χ4n) is 14.3. The number of aryl methyl sites for hydroxylation is 1. The second kappa shape index (κ2) is 15.8. The third-order valence-electron chi connectivity index (χ3n) is 17.6. The van der Waals surface area contributed by atoms with Crippen LogP contribution in [-0.4, -0.2) is 0 Å². The average Bonchev–Trinajstić information content (AvgIpc) is 3.31. The summed E-state index contributed by atoms with van der Waals surface area (Å²) in [6.45, 7) is 0. The molecule has 0 saturated heterocycles. The molecule has 0 atom stereocenters. The first-order valence-corrected chi connectivity index (χ1v) is 27.3. The molecule has 1 aliphatic carbocycles. The second-order valence-corrected chi connectivity index (χ2v) is 21.6. The smallest absolute Gasteiger partial charge is 0.143 e. The molecule has 15 aromatic carbocycles. The molecule has 18 rings (SSSR count). The number of hydrogen-bond acceptors (Lipinski definition) is 2. The van der Waals surface area contributed by atoms with Gasteiger partial charge in [0.1, 0.15) is 22.3 Å². The Labute approximate surface area is 448 Å². The SMILES string of the molecule is C1=Cc2cc(-c3cc(-c4cc5ccccc5c5ccccc45)c4oc5ccc6c(-c7cc8ccccc8c8ccccc78)cc(-c7cc8ccccc8c8ccccc78)c7oc8ccc3c4c8-c5c67)c3ccccc3c2CC1. The summed E-state index contributed by atoms with van der Waals surface area (Å²) in [6, 6.07) is 85.6. The summed E-state index contributed by atoms with van der Waals surface area (Å²) in [4.78, 5) is 0. The fourth-order valence-corrected chi connectivity index (χ4v) is 14.3. The summed E-state index contributed by atoms with van der Waals surface area (Å²) < 4.78 is 15.5. The van der Waals surface area contributed by atoms with Crippen LogP contribution in [0.4, 0.5) is 0 Å². The summed E-state index contributed by atoms with van der Waals surface area (Å²) in [5.41, 5.74) is 17.3. The largest absolute Gasteiger partial charge is 0.455 e. The van der Waals surface area contributed by atoms with Gasteiger partial charge in [-0.2, -0.15) is 0 Å². The average molecular weight is 989 g/mol. The van der Waals surface area contributed by atoms with Gasteiger partial charge in [0.15, 0.2) is 0 Å². The van der Waals surface area contributed by atoms with Gasteiger partial charge >= 0.3 is 0 Å². The van der Waals surface area contributed by atoms with Crippen molar-refractivity contribution in [2.75, 3.05) is 0 Å². The molecular weight excluding hydrogens is 945 g/mol. The molecule has 0 aromatic heterocycles. The van der Waals surface area contributed by atoms with Crippen molar-refractivity contribution in [2.24, 2.45) is 0 Å². The molecule has 2 heterocycles. The third kappa shape index (κ3) is 5.76. The van der Waals surface area contributed by atoms with Crippen molar-refractivity contribution >= 4 is 125 Å². The summed E-state index contributed by atoms with van der Waals surface area (Å²) in [7, 11) is 0. The number of hydrogen-bond donors (Lipinski definition) is 0. The quantitative estimate of drug-likeness (QED) is 0.130. The maximum atomic E-state index is 7.74. The molecule has 0 amide bonds. The summed E-state index contributed by atoms with van der Waals surface area (Å²) in [5, 5.41) is 21.5. The maximum Gasteiger partial charge on any atom is 0.143 e. The van der Waals surface area contributed by atoms with Gasteiger partial charge in [-0.15, -0.1) is 0 Å². The van der Waals surface area contributed by atoms with Crippen LogP contribution in [0.15, 0.2) is 245 Å². The lowest BCUT2D eigenvalue weighted by molar-refractivity contribution is 0.648. The molecule has 0 spiro atoms. The van der Waals surface area contributed by atoms with E-state index in [-0.39, 0.29) is 0 Å². The number of fused-ring (bicyclic) bond motifs is 12. The van der Waals surface area contributed by atoms with E-state index in [1.54, 1.807) is 0 Å². The van der Waals surface area contributed by atoms with Gasteiger partial charge in [0.25, 0.3) is 0 Å². The molecule has 78 heavy (non-hydrogen) atoms. The molecule has 2 heteroatoms. The molecule has 0 fully saturated rings. The van der Waals surface area contributed by atoms with Crippen LogP contribution in [0.3, 0.4) is 0 Å². The number of rotatable bonds is 4. The van der Waals surface area contributed by atoms with E-state index >= 15 is 0 Å². The van der Waals surface area contributed by atoms with E-state index in [1.807, 2.05) is 0 Å². The maximum absolute atomic E-state index is 7.74. The van der Waals surface area contributed by atoms with Crippen LogP contribution in [0, 0.1) is 0 Å². The lowest BCUT2D eigenvalue weighted by atomic mass is 9.80. The van der Waals surface area contributed by atoms with Crippen LogP contribution in [0.25, 0.3) is 181 Å². The molecule has 0 N–H and O–H groups in total. The topological polar surface area (TPSA) is 26.3 Å². The van der Waals surface area contributed by atoms with Crippen molar-refractivity contribution in [2.45, 2.75) is 12.8 Å². The molecule has 15 aromatic rings. The van der Waals surface area contributed by atoms with E-state index in [4.69, 9.17) is 8.83 Å². The van der Waals surface area contributed by atoms with Crippen LogP contribution >= 0.6 is 0 Å². The zero-order chi connectivity index (χ0) is 50.7. The molecule has 3 aliphatic rings. The van der Waals surface area contributed by atoms with Gasteiger partial charge in [-0.1, -0.05) is 182 Å². The Morgan fingerprint density at radius 3 is 1.06 bits per heavy atom. The molecule has 0 bridgehead atoms. The summed E-state index contributed by atoms with van der Waals surface area (Å²) >= 11 is 0. The lowest BCUT2D eigenvalue weighted by Crippen LogP contribution is -2.00. The molecule has 2 aliphatic heterocycles. The highest BCUT2D eigenvalue weighted by molar-refractivity contribution is 6.32. The fraction of sp³-hybridized carbons (Fsp3) is 0.0263. The highest BCUT2D eigenvalue weighted by Crippen LogP contribution is 2.56. The predicted octanol–water partition coefficient (Wildman–Crippen LogP) is 21.7. The first-order valence-electron chi connectivity index (χ1n) is 27.3. The van der Waals surface area contributed by atoms with Gasteiger partial charge < -0.3 is 8.83 Å². The Hall–Kier alpha value is -10.0. The highest BCUT2D eigenvalue weighted by atomic mass is 16.3. The molecule has 0 saturated carbocycles. The lowest BCUT2D eigenvalue weighted by Gasteiger charge is -2.25. The van der Waals surface area contributed by atoms with E-state index in [9.17, 15) is 0 Å². The van der Waals surface area contributed by atoms with Crippen molar-refractivity contribution in [1.82, 2.24) is 0 Å². The summed E-state index contributed by atoms with van der Waals surface area (Å²) in [5.74, 6) is 0. The molecule has 0 radical (unpaired) electrons. The zero-order valence-corrected chi connectivity index (χ0v) is 42.3. The second-order valence-electron chi connectivity index (χ2n) is 21.6. The first-order chi connectivity index (χ1) is 38.7. The van der Waals surface area contributed by atoms with E-state index in [2.05, 4.69) is 243 Å². The Balaban J connectivity index is 1.04. The normalized spacial score (nSPS) is 13.0. The Morgan fingerprint density at radius 1 is 0.269 bits per heavy atom. The van der Waals surface area contributed by atoms with Gasteiger partial charge in [-0.3, -0.25) is 0 Å². The predicted molar refractivity (Wildman–Crippen MR) is 330 cm³/mol. The number of allylic oxidation sites excluding steroid dienone is 1. The van der Waals surface area contributed by atoms with Crippen LogP contribution < -0.4 is 0 Å². The van der Waals surface area contributed by atoms with E-state index in [0.717, 1.165) is 95.7 Å². The van der Waals surface area contributed by atoms with Crippen LogP contribution in [0.2, 0.25) is 0 Å². The van der Waals surface area contributed by atoms with Gasteiger partial charge in [0.05, 0.1) is 0 Å². The van der Waals surface area contributed by atoms with Gasteiger partial charge in [0.2, 0.25) is 0 Å². The first kappa shape index (κ1) is 42.2. The Morgan fingerprint density at radius 2 is 0.615 bits per heavy atom. The Bertz CT molecular complexity index is 5450. The van der Waals surface area contributed by atoms with Crippen LogP contribution in [0.1, 0.15) is 17.5 Å². The van der Waals surface area contributed by atoms with Crippen LogP contribution in [0.5, 0.6) is 0 Å². The van der Waals surface area contributed by atoms with Crippen molar-refractivity contribution < 1.29 is 8.83 Å². The molecular formula is C76H44O2.